The number of carbonyl (C=O) groups excluding carboxylic acids is 1. The first kappa shape index (κ1) is 15.3. The first-order chi connectivity index (χ1) is 11.2. The zero-order valence-electron chi connectivity index (χ0n) is 12.8. The maximum atomic E-state index is 12.2. The lowest BCUT2D eigenvalue weighted by Crippen LogP contribution is -2.34. The molecule has 2 heterocycles. The number of nitrogens with one attached hydrogen (secondary N) is 2. The first-order valence-corrected chi connectivity index (χ1v) is 8.30. The van der Waals surface area contributed by atoms with Crippen LogP contribution in [0.1, 0.15) is 17.2 Å². The van der Waals surface area contributed by atoms with E-state index in [2.05, 4.69) is 27.2 Å². The van der Waals surface area contributed by atoms with Gasteiger partial charge in [0.05, 0.1) is 6.04 Å². The van der Waals surface area contributed by atoms with Crippen molar-refractivity contribution in [3.63, 3.8) is 0 Å². The summed E-state index contributed by atoms with van der Waals surface area (Å²) in [6.45, 7) is 2.43. The molecule has 0 aliphatic rings. The van der Waals surface area contributed by atoms with E-state index >= 15 is 0 Å². The number of amides is 2. The highest BCUT2D eigenvalue weighted by Gasteiger charge is 2.16. The fourth-order valence-electron chi connectivity index (χ4n) is 2.36. The normalized spacial score (nSPS) is 11.9. The van der Waals surface area contributed by atoms with Gasteiger partial charge in [0.25, 0.3) is 0 Å². The third kappa shape index (κ3) is 3.78. The topological polar surface area (TPSA) is 59.0 Å². The Morgan fingerprint density at radius 3 is 2.87 bits per heavy atom. The number of hydrogen-bond donors (Lipinski definition) is 2. The van der Waals surface area contributed by atoms with Crippen LogP contribution in [0.3, 0.4) is 0 Å². The van der Waals surface area contributed by atoms with E-state index in [-0.39, 0.29) is 12.1 Å². The van der Waals surface area contributed by atoms with Crippen molar-refractivity contribution in [3.05, 3.63) is 70.7 Å². The van der Waals surface area contributed by atoms with E-state index in [0.29, 0.717) is 6.54 Å². The molecule has 0 spiro atoms. The SMILES string of the molecule is Cc1ccccc1NC(=O)NC[C@@H](c1ccsc1)n1cccn1. The third-order valence-electron chi connectivity index (χ3n) is 3.62. The van der Waals surface area contributed by atoms with Crippen molar-refractivity contribution < 1.29 is 4.79 Å². The minimum atomic E-state index is -0.216. The van der Waals surface area contributed by atoms with Gasteiger partial charge in [0.15, 0.2) is 0 Å². The lowest BCUT2D eigenvalue weighted by Gasteiger charge is -2.18. The molecule has 118 valence electrons. The van der Waals surface area contributed by atoms with Gasteiger partial charge in [-0.25, -0.2) is 4.79 Å². The van der Waals surface area contributed by atoms with Gasteiger partial charge in [-0.2, -0.15) is 16.4 Å². The van der Waals surface area contributed by atoms with Crippen LogP contribution in [0.15, 0.2) is 59.6 Å². The summed E-state index contributed by atoms with van der Waals surface area (Å²) in [7, 11) is 0. The molecule has 0 saturated heterocycles. The quantitative estimate of drug-likeness (QED) is 0.751. The highest BCUT2D eigenvalue weighted by molar-refractivity contribution is 7.07. The highest BCUT2D eigenvalue weighted by atomic mass is 32.1. The molecular formula is C17H18N4OS. The monoisotopic (exact) mass is 326 g/mol. The Kier molecular flexibility index (Phi) is 4.73. The average Bonchev–Trinajstić information content (AvgIpc) is 3.23. The largest absolute Gasteiger partial charge is 0.335 e. The number of urea groups is 1. The third-order valence-corrected chi connectivity index (χ3v) is 4.32. The maximum Gasteiger partial charge on any atom is 0.319 e. The second-order valence-corrected chi connectivity index (χ2v) is 5.99. The molecular weight excluding hydrogens is 308 g/mol. The van der Waals surface area contributed by atoms with Crippen molar-refractivity contribution in [2.45, 2.75) is 13.0 Å². The summed E-state index contributed by atoms with van der Waals surface area (Å²) in [6.07, 6.45) is 3.65. The van der Waals surface area contributed by atoms with E-state index in [1.165, 1.54) is 0 Å². The van der Waals surface area contributed by atoms with Crippen molar-refractivity contribution in [1.29, 1.82) is 0 Å². The number of hydrogen-bond acceptors (Lipinski definition) is 3. The molecule has 0 aliphatic carbocycles. The van der Waals surface area contributed by atoms with E-state index in [9.17, 15) is 4.79 Å². The van der Waals surface area contributed by atoms with Crippen molar-refractivity contribution in [3.8, 4) is 0 Å². The van der Waals surface area contributed by atoms with Crippen LogP contribution >= 0.6 is 11.3 Å². The standard InChI is InChI=1S/C17H18N4OS/c1-13-5-2-3-6-15(13)20-17(22)18-11-16(14-7-10-23-12-14)21-9-4-8-19-21/h2-10,12,16H,11H2,1H3,(H2,18,20,22)/t16-/m0/s1. The van der Waals surface area contributed by atoms with Crippen LogP contribution in [0.5, 0.6) is 0 Å². The molecule has 0 fully saturated rings. The van der Waals surface area contributed by atoms with Gasteiger partial charge in [0, 0.05) is 24.6 Å². The van der Waals surface area contributed by atoms with Gasteiger partial charge in [-0.05, 0) is 47.0 Å². The number of nitrogens with zero attached hydrogens (tertiary/aromatic N) is 2. The summed E-state index contributed by atoms with van der Waals surface area (Å²) in [5.41, 5.74) is 2.98. The van der Waals surface area contributed by atoms with Crippen LogP contribution in [0, 0.1) is 6.92 Å². The highest BCUT2D eigenvalue weighted by Crippen LogP contribution is 2.19. The summed E-state index contributed by atoms with van der Waals surface area (Å²) in [6, 6.07) is 11.4. The number of thiophene rings is 1. The van der Waals surface area contributed by atoms with E-state index in [1.54, 1.807) is 17.5 Å². The van der Waals surface area contributed by atoms with Crippen LogP contribution < -0.4 is 10.6 Å². The molecule has 1 aromatic carbocycles. The summed E-state index contributed by atoms with van der Waals surface area (Å²) in [4.78, 5) is 12.2. The van der Waals surface area contributed by atoms with Crippen LogP contribution in [0.25, 0.3) is 0 Å². The number of para-hydroxylation sites is 1. The number of carbonyl (C=O) groups is 1. The van der Waals surface area contributed by atoms with E-state index in [4.69, 9.17) is 0 Å². The summed E-state index contributed by atoms with van der Waals surface area (Å²) < 4.78 is 1.86. The molecule has 0 bridgehead atoms. The molecule has 2 amide bonds. The Bertz CT molecular complexity index is 719. The van der Waals surface area contributed by atoms with Gasteiger partial charge in [-0.15, -0.1) is 0 Å². The predicted octanol–water partition coefficient (Wildman–Crippen LogP) is 3.66. The molecule has 0 saturated carbocycles. The van der Waals surface area contributed by atoms with Gasteiger partial charge in [-0.1, -0.05) is 18.2 Å². The molecule has 1 atom stereocenters. The van der Waals surface area contributed by atoms with Crippen molar-refractivity contribution in [2.75, 3.05) is 11.9 Å². The second-order valence-electron chi connectivity index (χ2n) is 5.21. The Hall–Kier alpha value is -2.60. The van der Waals surface area contributed by atoms with Gasteiger partial charge >= 0.3 is 6.03 Å². The number of aryl methyl sites for hydroxylation is 1. The Balaban J connectivity index is 1.65. The van der Waals surface area contributed by atoms with Crippen molar-refractivity contribution >= 4 is 23.1 Å². The van der Waals surface area contributed by atoms with Crippen LogP contribution in [-0.2, 0) is 0 Å². The number of rotatable bonds is 5. The lowest BCUT2D eigenvalue weighted by molar-refractivity contribution is 0.250. The number of aromatic nitrogens is 2. The zero-order chi connectivity index (χ0) is 16.1. The van der Waals surface area contributed by atoms with Gasteiger partial charge < -0.3 is 10.6 Å². The average molecular weight is 326 g/mol. The van der Waals surface area contributed by atoms with Crippen molar-refractivity contribution in [2.24, 2.45) is 0 Å². The fraction of sp³-hybridized carbons (Fsp3) is 0.176. The van der Waals surface area contributed by atoms with E-state index in [0.717, 1.165) is 16.8 Å². The molecule has 0 radical (unpaired) electrons. The summed E-state index contributed by atoms with van der Waals surface area (Å²) in [5.74, 6) is 0. The predicted molar refractivity (Wildman–Crippen MR) is 92.9 cm³/mol. The number of benzene rings is 1. The van der Waals surface area contributed by atoms with Crippen LogP contribution in [0.2, 0.25) is 0 Å². The van der Waals surface area contributed by atoms with Gasteiger partial charge in [0.1, 0.15) is 0 Å². The molecule has 3 aromatic rings. The van der Waals surface area contributed by atoms with Crippen molar-refractivity contribution in [1.82, 2.24) is 15.1 Å². The van der Waals surface area contributed by atoms with E-state index < -0.39 is 0 Å². The van der Waals surface area contributed by atoms with Crippen LogP contribution in [-0.4, -0.2) is 22.4 Å². The lowest BCUT2D eigenvalue weighted by atomic mass is 10.1. The minimum absolute atomic E-state index is 0.0149. The molecule has 0 unspecified atom stereocenters. The first-order valence-electron chi connectivity index (χ1n) is 7.36. The Morgan fingerprint density at radius 2 is 2.17 bits per heavy atom. The molecule has 23 heavy (non-hydrogen) atoms. The Labute approximate surface area is 139 Å². The molecule has 0 aliphatic heterocycles. The molecule has 3 rings (SSSR count). The van der Waals surface area contributed by atoms with Gasteiger partial charge in [-0.3, -0.25) is 4.68 Å². The van der Waals surface area contributed by atoms with Crippen LogP contribution in [0.4, 0.5) is 10.5 Å². The minimum Gasteiger partial charge on any atom is -0.335 e. The maximum absolute atomic E-state index is 12.2. The zero-order valence-corrected chi connectivity index (χ0v) is 13.6. The Morgan fingerprint density at radius 1 is 1.30 bits per heavy atom. The van der Waals surface area contributed by atoms with E-state index in [1.807, 2.05) is 53.5 Å². The number of anilines is 1. The fourth-order valence-corrected chi connectivity index (χ4v) is 3.07. The molecule has 5 nitrogen and oxygen atoms in total. The summed E-state index contributed by atoms with van der Waals surface area (Å²) >= 11 is 1.63. The molecule has 2 aromatic heterocycles. The molecule has 2 N–H and O–H groups in total. The smallest absolute Gasteiger partial charge is 0.319 e. The summed E-state index contributed by atoms with van der Waals surface area (Å²) in [5, 5.41) is 14.2. The molecule has 6 heteroatoms. The van der Waals surface area contributed by atoms with Gasteiger partial charge in [0.2, 0.25) is 0 Å². The second kappa shape index (κ2) is 7.11.